The lowest BCUT2D eigenvalue weighted by Gasteiger charge is -2.48. The smallest absolute Gasteiger partial charge is 0.312 e. The van der Waals surface area contributed by atoms with Crippen LogP contribution >= 0.6 is 0 Å². The molecular formula is C12H20O4. The molecule has 1 unspecified atom stereocenters. The van der Waals surface area contributed by atoms with Crippen LogP contribution in [0.3, 0.4) is 0 Å². The molecule has 2 aliphatic rings. The van der Waals surface area contributed by atoms with E-state index in [0.717, 1.165) is 25.7 Å². The van der Waals surface area contributed by atoms with Gasteiger partial charge in [-0.2, -0.15) is 0 Å². The topological polar surface area (TPSA) is 66.8 Å². The van der Waals surface area contributed by atoms with Crippen LogP contribution in [0.5, 0.6) is 0 Å². The van der Waals surface area contributed by atoms with Gasteiger partial charge >= 0.3 is 5.97 Å². The maximum Gasteiger partial charge on any atom is 0.312 e. The molecule has 0 aromatic rings. The quantitative estimate of drug-likeness (QED) is 0.752. The summed E-state index contributed by atoms with van der Waals surface area (Å²) in [6.07, 6.45) is 5.35. The lowest BCUT2D eigenvalue weighted by Crippen LogP contribution is -2.58. The van der Waals surface area contributed by atoms with Crippen LogP contribution in [-0.2, 0) is 9.53 Å². The molecular weight excluding hydrogens is 208 g/mol. The Balaban J connectivity index is 2.26. The number of hydrogen-bond acceptors (Lipinski definition) is 3. The summed E-state index contributed by atoms with van der Waals surface area (Å²) in [6.45, 7) is 0.817. The van der Waals surface area contributed by atoms with Gasteiger partial charge in [0.25, 0.3) is 0 Å². The van der Waals surface area contributed by atoms with Gasteiger partial charge < -0.3 is 14.9 Å². The van der Waals surface area contributed by atoms with E-state index in [9.17, 15) is 15.0 Å². The van der Waals surface area contributed by atoms with Crippen LogP contribution in [0.15, 0.2) is 0 Å². The number of carboxylic acid groups (broad SMARTS) is 1. The molecule has 0 amide bonds. The molecule has 4 heteroatoms. The number of aliphatic hydroxyl groups is 1. The van der Waals surface area contributed by atoms with Crippen LogP contribution in [0.4, 0.5) is 0 Å². The minimum atomic E-state index is -1.16. The van der Waals surface area contributed by atoms with E-state index in [-0.39, 0.29) is 6.61 Å². The molecule has 0 aromatic heterocycles. The SMILES string of the molecule is O=C(O)C1(C2(O)CCCOC2)CCCCC1. The molecule has 92 valence electrons. The fourth-order valence-electron chi connectivity index (χ4n) is 3.19. The average molecular weight is 228 g/mol. The Morgan fingerprint density at radius 3 is 2.25 bits per heavy atom. The molecule has 0 radical (unpaired) electrons. The molecule has 2 rings (SSSR count). The number of ether oxygens (including phenoxy) is 1. The third kappa shape index (κ3) is 1.74. The minimum absolute atomic E-state index is 0.180. The fraction of sp³-hybridized carbons (Fsp3) is 0.917. The summed E-state index contributed by atoms with van der Waals surface area (Å²) in [5, 5.41) is 20.1. The van der Waals surface area contributed by atoms with Gasteiger partial charge in [-0.05, 0) is 25.7 Å². The molecule has 1 saturated carbocycles. The van der Waals surface area contributed by atoms with Crippen molar-refractivity contribution in [1.29, 1.82) is 0 Å². The zero-order valence-electron chi connectivity index (χ0n) is 9.57. The summed E-state index contributed by atoms with van der Waals surface area (Å²) in [7, 11) is 0. The molecule has 1 saturated heterocycles. The van der Waals surface area contributed by atoms with E-state index in [1.54, 1.807) is 0 Å². The van der Waals surface area contributed by atoms with Crippen molar-refractivity contribution in [1.82, 2.24) is 0 Å². The molecule has 16 heavy (non-hydrogen) atoms. The third-order valence-corrected chi connectivity index (χ3v) is 4.23. The molecule has 1 heterocycles. The Hall–Kier alpha value is -0.610. The number of hydrogen-bond donors (Lipinski definition) is 2. The van der Waals surface area contributed by atoms with E-state index < -0.39 is 17.0 Å². The summed E-state index contributed by atoms with van der Waals surface area (Å²) in [6, 6.07) is 0. The van der Waals surface area contributed by atoms with Crippen molar-refractivity contribution in [3.63, 3.8) is 0 Å². The lowest BCUT2D eigenvalue weighted by molar-refractivity contribution is -0.198. The number of carboxylic acids is 1. The Bertz CT molecular complexity index is 262. The van der Waals surface area contributed by atoms with Crippen LogP contribution in [0.1, 0.15) is 44.9 Å². The third-order valence-electron chi connectivity index (χ3n) is 4.23. The highest BCUT2D eigenvalue weighted by atomic mass is 16.5. The van der Waals surface area contributed by atoms with E-state index >= 15 is 0 Å². The Kier molecular flexibility index (Phi) is 3.22. The zero-order chi connectivity index (χ0) is 11.6. The van der Waals surface area contributed by atoms with Crippen LogP contribution in [-0.4, -0.2) is 35.0 Å². The summed E-state index contributed by atoms with van der Waals surface area (Å²) in [5.74, 6) is -0.847. The lowest BCUT2D eigenvalue weighted by atomic mass is 9.61. The van der Waals surface area contributed by atoms with Crippen molar-refractivity contribution >= 4 is 5.97 Å². The van der Waals surface area contributed by atoms with E-state index in [1.165, 1.54) is 0 Å². The van der Waals surface area contributed by atoms with E-state index in [2.05, 4.69) is 0 Å². The van der Waals surface area contributed by atoms with Crippen molar-refractivity contribution in [2.45, 2.75) is 50.5 Å². The summed E-state index contributed by atoms with van der Waals surface area (Å²) in [5.41, 5.74) is -2.12. The first-order valence-electron chi connectivity index (χ1n) is 6.14. The second-order valence-electron chi connectivity index (χ2n) is 5.14. The number of carbonyl (C=O) groups is 1. The van der Waals surface area contributed by atoms with Gasteiger partial charge in [0.1, 0.15) is 5.60 Å². The molecule has 1 aliphatic heterocycles. The highest BCUT2D eigenvalue weighted by Gasteiger charge is 2.56. The zero-order valence-corrected chi connectivity index (χ0v) is 9.57. The molecule has 0 bridgehead atoms. The van der Waals surface area contributed by atoms with E-state index in [4.69, 9.17) is 4.74 Å². The largest absolute Gasteiger partial charge is 0.481 e. The standard InChI is InChI=1S/C12H20O4/c13-10(14)11(5-2-1-3-6-11)12(15)7-4-8-16-9-12/h15H,1-9H2,(H,13,14). The maximum absolute atomic E-state index is 11.6. The second kappa shape index (κ2) is 4.34. The molecule has 4 nitrogen and oxygen atoms in total. The van der Waals surface area contributed by atoms with Gasteiger partial charge in [-0.3, -0.25) is 4.79 Å². The minimum Gasteiger partial charge on any atom is -0.481 e. The molecule has 2 N–H and O–H groups in total. The van der Waals surface area contributed by atoms with Crippen molar-refractivity contribution < 1.29 is 19.7 Å². The normalized spacial score (nSPS) is 34.6. The molecule has 0 aromatic carbocycles. The van der Waals surface area contributed by atoms with Crippen molar-refractivity contribution in [2.24, 2.45) is 5.41 Å². The van der Waals surface area contributed by atoms with Crippen LogP contribution in [0.25, 0.3) is 0 Å². The number of aliphatic carboxylic acids is 1. The van der Waals surface area contributed by atoms with Gasteiger partial charge in [0, 0.05) is 6.61 Å². The Morgan fingerprint density at radius 1 is 1.06 bits per heavy atom. The van der Waals surface area contributed by atoms with Crippen LogP contribution < -0.4 is 0 Å². The molecule has 1 atom stereocenters. The van der Waals surface area contributed by atoms with Gasteiger partial charge in [0.05, 0.1) is 12.0 Å². The predicted octanol–water partition coefficient (Wildman–Crippen LogP) is 1.56. The van der Waals surface area contributed by atoms with Gasteiger partial charge in [-0.1, -0.05) is 19.3 Å². The van der Waals surface area contributed by atoms with E-state index in [0.29, 0.717) is 25.9 Å². The Labute approximate surface area is 95.6 Å². The van der Waals surface area contributed by atoms with Gasteiger partial charge in [-0.15, -0.1) is 0 Å². The first-order valence-corrected chi connectivity index (χ1v) is 6.14. The monoisotopic (exact) mass is 228 g/mol. The van der Waals surface area contributed by atoms with Crippen molar-refractivity contribution in [3.05, 3.63) is 0 Å². The van der Waals surface area contributed by atoms with Crippen molar-refractivity contribution in [2.75, 3.05) is 13.2 Å². The van der Waals surface area contributed by atoms with Crippen molar-refractivity contribution in [3.8, 4) is 0 Å². The highest BCUT2D eigenvalue weighted by Crippen LogP contribution is 2.48. The van der Waals surface area contributed by atoms with Crippen LogP contribution in [0.2, 0.25) is 0 Å². The second-order valence-corrected chi connectivity index (χ2v) is 5.14. The van der Waals surface area contributed by atoms with E-state index in [1.807, 2.05) is 0 Å². The molecule has 2 fully saturated rings. The van der Waals surface area contributed by atoms with Crippen LogP contribution in [0, 0.1) is 5.41 Å². The Morgan fingerprint density at radius 2 is 1.75 bits per heavy atom. The fourth-order valence-corrected chi connectivity index (χ4v) is 3.19. The predicted molar refractivity (Wildman–Crippen MR) is 58.2 cm³/mol. The average Bonchev–Trinajstić information content (AvgIpc) is 2.30. The first-order chi connectivity index (χ1) is 7.61. The summed E-state index contributed by atoms with van der Waals surface area (Å²) in [4.78, 5) is 11.6. The van der Waals surface area contributed by atoms with Gasteiger partial charge in [0.2, 0.25) is 0 Å². The first kappa shape index (κ1) is 11.9. The summed E-state index contributed by atoms with van der Waals surface area (Å²) < 4.78 is 5.30. The molecule has 1 aliphatic carbocycles. The summed E-state index contributed by atoms with van der Waals surface area (Å²) >= 11 is 0. The maximum atomic E-state index is 11.6. The number of rotatable bonds is 2. The molecule has 0 spiro atoms. The highest BCUT2D eigenvalue weighted by molar-refractivity contribution is 5.76. The van der Waals surface area contributed by atoms with Gasteiger partial charge in [-0.25, -0.2) is 0 Å². The van der Waals surface area contributed by atoms with Gasteiger partial charge in [0.15, 0.2) is 0 Å².